The molecular weight excluding hydrogens is 252 g/mol. The number of aryl methyl sites for hydroxylation is 1. The minimum atomic E-state index is -0.0368. The van der Waals surface area contributed by atoms with E-state index in [1.54, 1.807) is 10.9 Å². The monoisotopic (exact) mass is 270 g/mol. The highest BCUT2D eigenvalue weighted by atomic mass is 16.1. The second-order valence-electron chi connectivity index (χ2n) is 6.03. The van der Waals surface area contributed by atoms with Crippen molar-refractivity contribution in [1.29, 1.82) is 0 Å². The second kappa shape index (κ2) is 4.44. The van der Waals surface area contributed by atoms with Crippen molar-refractivity contribution < 1.29 is 4.79 Å². The first-order valence-electron chi connectivity index (χ1n) is 6.76. The average Bonchev–Trinajstić information content (AvgIpc) is 2.67. The standard InChI is InChI=1S/C15H18N4O/c1-10-13-11(8-15(2,3)9-17-14(13)20)19(18-10)12-6-4-5-7-16-12/h4-7H,8-9H2,1-3H3,(H,17,20). The molecule has 0 radical (unpaired) electrons. The minimum absolute atomic E-state index is 0.0000856. The van der Waals surface area contributed by atoms with Crippen LogP contribution in [0.15, 0.2) is 24.4 Å². The predicted molar refractivity (Wildman–Crippen MR) is 75.9 cm³/mol. The highest BCUT2D eigenvalue weighted by molar-refractivity contribution is 5.97. The zero-order valence-electron chi connectivity index (χ0n) is 12.0. The third-order valence-electron chi connectivity index (χ3n) is 3.62. The van der Waals surface area contributed by atoms with Crippen LogP contribution in [0.5, 0.6) is 0 Å². The molecule has 0 unspecified atom stereocenters. The van der Waals surface area contributed by atoms with E-state index in [2.05, 4.69) is 29.2 Å². The van der Waals surface area contributed by atoms with Gasteiger partial charge in [-0.3, -0.25) is 4.79 Å². The number of fused-ring (bicyclic) bond motifs is 1. The molecule has 0 bridgehead atoms. The molecule has 1 aliphatic rings. The first kappa shape index (κ1) is 12.8. The summed E-state index contributed by atoms with van der Waals surface area (Å²) in [5.41, 5.74) is 2.39. The quantitative estimate of drug-likeness (QED) is 0.860. The van der Waals surface area contributed by atoms with E-state index in [1.807, 2.05) is 25.1 Å². The number of rotatable bonds is 1. The fraction of sp³-hybridized carbons (Fsp3) is 0.400. The van der Waals surface area contributed by atoms with Gasteiger partial charge >= 0.3 is 0 Å². The maximum atomic E-state index is 12.3. The van der Waals surface area contributed by atoms with Crippen LogP contribution in [0.4, 0.5) is 0 Å². The van der Waals surface area contributed by atoms with Crippen molar-refractivity contribution in [2.75, 3.05) is 6.54 Å². The SMILES string of the molecule is Cc1nn(-c2ccccn2)c2c1C(=O)NCC(C)(C)C2. The summed E-state index contributed by atoms with van der Waals surface area (Å²) in [6.07, 6.45) is 2.53. The Bertz CT molecular complexity index is 658. The fourth-order valence-corrected chi connectivity index (χ4v) is 2.63. The zero-order chi connectivity index (χ0) is 14.3. The van der Waals surface area contributed by atoms with Crippen molar-refractivity contribution in [2.24, 2.45) is 5.41 Å². The Balaban J connectivity index is 2.20. The molecular formula is C15H18N4O. The molecule has 0 atom stereocenters. The van der Waals surface area contributed by atoms with Gasteiger partial charge in [0.1, 0.15) is 0 Å². The van der Waals surface area contributed by atoms with Crippen LogP contribution in [0.25, 0.3) is 5.82 Å². The second-order valence-corrected chi connectivity index (χ2v) is 6.03. The van der Waals surface area contributed by atoms with Crippen molar-refractivity contribution in [1.82, 2.24) is 20.1 Å². The Morgan fingerprint density at radius 3 is 2.85 bits per heavy atom. The maximum absolute atomic E-state index is 12.3. The van der Waals surface area contributed by atoms with Crippen LogP contribution >= 0.6 is 0 Å². The fourth-order valence-electron chi connectivity index (χ4n) is 2.63. The van der Waals surface area contributed by atoms with Crippen molar-refractivity contribution in [3.05, 3.63) is 41.3 Å². The van der Waals surface area contributed by atoms with Crippen LogP contribution in [0, 0.1) is 12.3 Å². The van der Waals surface area contributed by atoms with E-state index in [4.69, 9.17) is 0 Å². The molecule has 5 heteroatoms. The normalized spacial score (nSPS) is 17.2. The number of nitrogens with zero attached hydrogens (tertiary/aromatic N) is 3. The molecule has 0 saturated carbocycles. The summed E-state index contributed by atoms with van der Waals surface area (Å²) in [6, 6.07) is 5.70. The van der Waals surface area contributed by atoms with Crippen LogP contribution in [0.2, 0.25) is 0 Å². The molecule has 0 saturated heterocycles. The summed E-state index contributed by atoms with van der Waals surface area (Å²) in [7, 11) is 0. The van der Waals surface area contributed by atoms with Crippen LogP contribution in [0.3, 0.4) is 0 Å². The molecule has 5 nitrogen and oxygen atoms in total. The topological polar surface area (TPSA) is 59.8 Å². The van der Waals surface area contributed by atoms with Gasteiger partial charge in [0.05, 0.1) is 17.0 Å². The Kier molecular flexibility index (Phi) is 2.85. The number of hydrogen-bond acceptors (Lipinski definition) is 3. The molecule has 0 fully saturated rings. The van der Waals surface area contributed by atoms with E-state index in [-0.39, 0.29) is 11.3 Å². The Hall–Kier alpha value is -2.17. The number of amides is 1. The predicted octanol–water partition coefficient (Wildman–Crippen LogP) is 1.89. The number of pyridine rings is 1. The highest BCUT2D eigenvalue weighted by Gasteiger charge is 2.32. The summed E-state index contributed by atoms with van der Waals surface area (Å²) in [4.78, 5) is 16.6. The Morgan fingerprint density at radius 2 is 2.15 bits per heavy atom. The van der Waals surface area contributed by atoms with Crippen LogP contribution < -0.4 is 5.32 Å². The molecule has 104 valence electrons. The minimum Gasteiger partial charge on any atom is -0.351 e. The van der Waals surface area contributed by atoms with Crippen molar-refractivity contribution in [2.45, 2.75) is 27.2 Å². The van der Waals surface area contributed by atoms with Gasteiger partial charge in [0.25, 0.3) is 5.91 Å². The van der Waals surface area contributed by atoms with Gasteiger partial charge < -0.3 is 5.32 Å². The van der Waals surface area contributed by atoms with Gasteiger partial charge in [-0.05, 0) is 30.9 Å². The van der Waals surface area contributed by atoms with Gasteiger partial charge in [-0.1, -0.05) is 19.9 Å². The van der Waals surface area contributed by atoms with Crippen LogP contribution in [-0.4, -0.2) is 27.2 Å². The van der Waals surface area contributed by atoms with E-state index in [9.17, 15) is 4.79 Å². The third-order valence-corrected chi connectivity index (χ3v) is 3.62. The number of carbonyl (C=O) groups is 1. The van der Waals surface area contributed by atoms with Crippen molar-refractivity contribution in [3.8, 4) is 5.82 Å². The van der Waals surface area contributed by atoms with E-state index in [0.29, 0.717) is 12.1 Å². The van der Waals surface area contributed by atoms with E-state index in [0.717, 1.165) is 23.6 Å². The average molecular weight is 270 g/mol. The van der Waals surface area contributed by atoms with Gasteiger partial charge in [-0.15, -0.1) is 0 Å². The lowest BCUT2D eigenvalue weighted by Crippen LogP contribution is -2.32. The number of carbonyl (C=O) groups excluding carboxylic acids is 1. The summed E-state index contributed by atoms with van der Waals surface area (Å²) < 4.78 is 1.80. The molecule has 2 aromatic heterocycles. The Morgan fingerprint density at radius 1 is 1.35 bits per heavy atom. The van der Waals surface area contributed by atoms with E-state index in [1.165, 1.54) is 0 Å². The van der Waals surface area contributed by atoms with Gasteiger partial charge in [0.2, 0.25) is 0 Å². The zero-order valence-corrected chi connectivity index (χ0v) is 12.0. The molecule has 3 rings (SSSR count). The van der Waals surface area contributed by atoms with E-state index >= 15 is 0 Å². The van der Waals surface area contributed by atoms with Crippen molar-refractivity contribution in [3.63, 3.8) is 0 Å². The summed E-state index contributed by atoms with van der Waals surface area (Å²) in [6.45, 7) is 6.83. The molecule has 1 amide bonds. The van der Waals surface area contributed by atoms with E-state index < -0.39 is 0 Å². The maximum Gasteiger partial charge on any atom is 0.255 e. The third kappa shape index (κ3) is 2.09. The number of hydrogen-bond donors (Lipinski definition) is 1. The summed E-state index contributed by atoms with van der Waals surface area (Å²) in [5, 5.41) is 7.50. The number of nitrogens with one attached hydrogen (secondary N) is 1. The van der Waals surface area contributed by atoms with Crippen LogP contribution in [0.1, 0.15) is 35.6 Å². The van der Waals surface area contributed by atoms with Crippen LogP contribution in [-0.2, 0) is 6.42 Å². The largest absolute Gasteiger partial charge is 0.351 e. The molecule has 0 aliphatic carbocycles. The lowest BCUT2D eigenvalue weighted by atomic mass is 9.88. The van der Waals surface area contributed by atoms with Gasteiger partial charge in [0, 0.05) is 12.7 Å². The lowest BCUT2D eigenvalue weighted by molar-refractivity contribution is 0.0944. The first-order chi connectivity index (χ1) is 9.48. The first-order valence-corrected chi connectivity index (χ1v) is 6.76. The molecule has 1 aliphatic heterocycles. The summed E-state index contributed by atoms with van der Waals surface area (Å²) >= 11 is 0. The molecule has 0 aromatic carbocycles. The van der Waals surface area contributed by atoms with Crippen molar-refractivity contribution >= 4 is 5.91 Å². The molecule has 2 aromatic rings. The highest BCUT2D eigenvalue weighted by Crippen LogP contribution is 2.29. The van der Waals surface area contributed by atoms with Gasteiger partial charge in [0.15, 0.2) is 5.82 Å². The smallest absolute Gasteiger partial charge is 0.255 e. The molecule has 1 N–H and O–H groups in total. The van der Waals surface area contributed by atoms with Gasteiger partial charge in [-0.2, -0.15) is 5.10 Å². The lowest BCUT2D eigenvalue weighted by Gasteiger charge is -2.22. The summed E-state index contributed by atoms with van der Waals surface area (Å²) in [5.74, 6) is 0.715. The molecule has 3 heterocycles. The molecule has 0 spiro atoms. The molecule has 20 heavy (non-hydrogen) atoms. The van der Waals surface area contributed by atoms with Gasteiger partial charge in [-0.25, -0.2) is 9.67 Å². The number of aromatic nitrogens is 3. The Labute approximate surface area is 118 Å².